The van der Waals surface area contributed by atoms with Crippen molar-refractivity contribution in [1.82, 2.24) is 20.8 Å². The quantitative estimate of drug-likeness (QED) is 0.646. The molecule has 0 aromatic heterocycles. The van der Waals surface area contributed by atoms with Gasteiger partial charge in [-0.3, -0.25) is 10.2 Å². The van der Waals surface area contributed by atoms with Gasteiger partial charge in [-0.2, -0.15) is 10.4 Å². The molecule has 0 radical (unpaired) electrons. The normalized spacial score (nSPS) is 22.8. The van der Waals surface area contributed by atoms with E-state index in [0.29, 0.717) is 11.3 Å². The maximum Gasteiger partial charge on any atom is 0.234 e. The number of nitriles is 1. The molecule has 2 aromatic rings. The highest BCUT2D eigenvalue weighted by molar-refractivity contribution is 8.14. The van der Waals surface area contributed by atoms with E-state index in [1.807, 2.05) is 12.4 Å². The molecule has 1 saturated heterocycles. The van der Waals surface area contributed by atoms with Crippen molar-refractivity contribution >= 4 is 28.5 Å². The molecular formula is C24H25N7OS. The van der Waals surface area contributed by atoms with Crippen LogP contribution in [0.5, 0.6) is 0 Å². The molecule has 0 aliphatic carbocycles. The van der Waals surface area contributed by atoms with Crippen molar-refractivity contribution < 1.29 is 4.79 Å². The highest BCUT2D eigenvalue weighted by Gasteiger charge is 2.44. The average molecular weight is 460 g/mol. The molecule has 0 bridgehead atoms. The van der Waals surface area contributed by atoms with Crippen molar-refractivity contribution in [1.29, 1.82) is 5.26 Å². The van der Waals surface area contributed by atoms with Crippen LogP contribution >= 0.6 is 11.8 Å². The smallest absolute Gasteiger partial charge is 0.234 e. The fraction of sp³-hybridized carbons (Fsp3) is 0.292. The minimum atomic E-state index is -0.138. The molecule has 2 aromatic carbocycles. The molecule has 3 aliphatic heterocycles. The molecule has 0 saturated carbocycles. The van der Waals surface area contributed by atoms with Gasteiger partial charge in [-0.05, 0) is 49.6 Å². The molecule has 0 spiro atoms. The molecule has 3 aliphatic rings. The van der Waals surface area contributed by atoms with Crippen LogP contribution in [0.1, 0.15) is 34.7 Å². The third-order valence-electron chi connectivity index (χ3n) is 6.12. The number of nitrogens with zero attached hydrogens (tertiary/aromatic N) is 4. The maximum absolute atomic E-state index is 12.4. The van der Waals surface area contributed by atoms with Crippen LogP contribution in [0.2, 0.25) is 0 Å². The van der Waals surface area contributed by atoms with E-state index in [4.69, 9.17) is 5.26 Å². The Labute approximate surface area is 197 Å². The third kappa shape index (κ3) is 4.27. The monoisotopic (exact) mass is 459 g/mol. The van der Waals surface area contributed by atoms with Crippen LogP contribution in [0.25, 0.3) is 0 Å². The van der Waals surface area contributed by atoms with E-state index in [0.717, 1.165) is 11.6 Å². The largest absolute Gasteiger partial charge is 0.325 e. The molecule has 9 heteroatoms. The van der Waals surface area contributed by atoms with Gasteiger partial charge in [0.05, 0.1) is 29.5 Å². The van der Waals surface area contributed by atoms with E-state index >= 15 is 0 Å². The van der Waals surface area contributed by atoms with Gasteiger partial charge in [-0.1, -0.05) is 41.6 Å². The molecule has 5 rings (SSSR count). The van der Waals surface area contributed by atoms with Crippen molar-refractivity contribution in [3.8, 4) is 6.07 Å². The van der Waals surface area contributed by atoms with E-state index in [2.05, 4.69) is 69.3 Å². The number of hydrazone groups is 1. The summed E-state index contributed by atoms with van der Waals surface area (Å²) in [7, 11) is 0. The summed E-state index contributed by atoms with van der Waals surface area (Å²) >= 11 is 1.39. The Morgan fingerprint density at radius 2 is 2.15 bits per heavy atom. The first kappa shape index (κ1) is 21.4. The Hall–Kier alpha value is -3.48. The van der Waals surface area contributed by atoms with Crippen molar-refractivity contribution in [2.45, 2.75) is 38.5 Å². The van der Waals surface area contributed by atoms with Crippen LogP contribution < -0.4 is 16.2 Å². The number of anilines is 1. The van der Waals surface area contributed by atoms with Gasteiger partial charge < -0.3 is 15.2 Å². The summed E-state index contributed by atoms with van der Waals surface area (Å²) in [5.74, 6) is 0.0907. The van der Waals surface area contributed by atoms with E-state index in [-0.39, 0.29) is 29.9 Å². The minimum absolute atomic E-state index is 0.00971. The predicted molar refractivity (Wildman–Crippen MR) is 130 cm³/mol. The van der Waals surface area contributed by atoms with Crippen LogP contribution in [0, 0.1) is 25.2 Å². The lowest BCUT2D eigenvalue weighted by Crippen LogP contribution is -2.54. The van der Waals surface area contributed by atoms with Crippen LogP contribution in [-0.4, -0.2) is 38.9 Å². The number of carbonyl (C=O) groups is 1. The summed E-state index contributed by atoms with van der Waals surface area (Å²) in [6, 6.07) is 16.0. The molecule has 168 valence electrons. The van der Waals surface area contributed by atoms with E-state index in [1.54, 1.807) is 24.3 Å². The number of hydrazine groups is 1. The highest BCUT2D eigenvalue weighted by atomic mass is 32.2. The SMILES string of the molecule is Cc1ccc(C)c(C2CC3C4NN=C(SCC(=O)Nc5cccc(C#N)c5)N4C=CN3N2)c1. The second-order valence-electron chi connectivity index (χ2n) is 8.46. The number of amidine groups is 1. The van der Waals surface area contributed by atoms with Gasteiger partial charge in [0.15, 0.2) is 5.17 Å². The fourth-order valence-electron chi connectivity index (χ4n) is 4.48. The molecule has 1 amide bonds. The number of amides is 1. The van der Waals surface area contributed by atoms with Crippen LogP contribution in [0.3, 0.4) is 0 Å². The topological polar surface area (TPSA) is 95.8 Å². The zero-order chi connectivity index (χ0) is 22.9. The molecule has 3 N–H and O–H groups in total. The molecule has 3 unspecified atom stereocenters. The number of thioether (sulfide) groups is 1. The zero-order valence-corrected chi connectivity index (χ0v) is 19.3. The van der Waals surface area contributed by atoms with Gasteiger partial charge in [0.2, 0.25) is 5.91 Å². The first-order valence-electron chi connectivity index (χ1n) is 10.9. The van der Waals surface area contributed by atoms with Crippen molar-refractivity contribution in [2.75, 3.05) is 11.1 Å². The Bertz CT molecular complexity index is 1190. The number of rotatable bonds is 4. The summed E-state index contributed by atoms with van der Waals surface area (Å²) < 4.78 is 0. The minimum Gasteiger partial charge on any atom is -0.325 e. The van der Waals surface area contributed by atoms with E-state index in [1.165, 1.54) is 28.5 Å². The van der Waals surface area contributed by atoms with Crippen LogP contribution in [0.4, 0.5) is 5.69 Å². The second kappa shape index (κ2) is 8.81. The number of carbonyl (C=O) groups excluding carboxylic acids is 1. The summed E-state index contributed by atoms with van der Waals surface area (Å²) in [5.41, 5.74) is 11.9. The maximum atomic E-state index is 12.4. The number of benzene rings is 2. The van der Waals surface area contributed by atoms with Crippen molar-refractivity contribution in [2.24, 2.45) is 5.10 Å². The Balaban J connectivity index is 1.20. The summed E-state index contributed by atoms with van der Waals surface area (Å²) in [6.45, 7) is 4.28. The average Bonchev–Trinajstić information content (AvgIpc) is 3.43. The van der Waals surface area contributed by atoms with Crippen molar-refractivity contribution in [3.63, 3.8) is 0 Å². The standard InChI is InChI=1S/C24H25N7OS/c1-15-6-7-16(2)19(10-15)20-12-21-23-27-28-24(30(23)8-9-31(21)29-20)33-14-22(32)26-18-5-3-4-17(11-18)13-25/h3-11,20-21,23,27,29H,12,14H2,1-2H3,(H,26,32). The van der Waals surface area contributed by atoms with Crippen molar-refractivity contribution in [3.05, 3.63) is 77.1 Å². The molecule has 1 fully saturated rings. The van der Waals surface area contributed by atoms with Gasteiger partial charge in [0.25, 0.3) is 0 Å². The molecule has 33 heavy (non-hydrogen) atoms. The van der Waals surface area contributed by atoms with Gasteiger partial charge in [-0.25, -0.2) is 5.43 Å². The number of hydrogen-bond donors (Lipinski definition) is 3. The predicted octanol–water partition coefficient (Wildman–Crippen LogP) is 3.15. The third-order valence-corrected chi connectivity index (χ3v) is 7.09. The summed E-state index contributed by atoms with van der Waals surface area (Å²) in [6.07, 6.45) is 5.00. The summed E-state index contributed by atoms with van der Waals surface area (Å²) in [5, 5.41) is 19.3. The lowest BCUT2D eigenvalue weighted by atomic mass is 9.95. The van der Waals surface area contributed by atoms with Gasteiger partial charge in [0.1, 0.15) is 6.17 Å². The number of fused-ring (bicyclic) bond motifs is 3. The van der Waals surface area contributed by atoms with E-state index in [9.17, 15) is 4.79 Å². The number of hydrogen-bond acceptors (Lipinski definition) is 8. The second-order valence-corrected chi connectivity index (χ2v) is 9.40. The fourth-order valence-corrected chi connectivity index (χ4v) is 5.26. The zero-order valence-electron chi connectivity index (χ0n) is 18.4. The van der Waals surface area contributed by atoms with Gasteiger partial charge >= 0.3 is 0 Å². The Morgan fingerprint density at radius 3 is 3.00 bits per heavy atom. The van der Waals surface area contributed by atoms with Gasteiger partial charge in [-0.15, -0.1) is 0 Å². The van der Waals surface area contributed by atoms with Crippen LogP contribution in [-0.2, 0) is 4.79 Å². The molecule has 8 nitrogen and oxygen atoms in total. The highest BCUT2D eigenvalue weighted by Crippen LogP contribution is 2.36. The first-order chi connectivity index (χ1) is 16.0. The lowest BCUT2D eigenvalue weighted by molar-refractivity contribution is -0.113. The molecular weight excluding hydrogens is 434 g/mol. The van der Waals surface area contributed by atoms with Gasteiger partial charge in [0, 0.05) is 18.1 Å². The Kier molecular flexibility index (Phi) is 5.70. The number of aryl methyl sites for hydroxylation is 2. The van der Waals surface area contributed by atoms with E-state index < -0.39 is 0 Å². The molecule has 3 atom stereocenters. The number of nitrogens with one attached hydrogen (secondary N) is 3. The summed E-state index contributed by atoms with van der Waals surface area (Å²) in [4.78, 5) is 14.5. The first-order valence-corrected chi connectivity index (χ1v) is 11.8. The van der Waals surface area contributed by atoms with Crippen LogP contribution in [0.15, 0.2) is 60.0 Å². The lowest BCUT2D eigenvalue weighted by Gasteiger charge is -2.36. The molecule has 3 heterocycles. The Morgan fingerprint density at radius 1 is 1.27 bits per heavy atom.